The van der Waals surface area contributed by atoms with E-state index >= 15 is 0 Å². The van der Waals surface area contributed by atoms with E-state index in [1.54, 1.807) is 0 Å². The molecule has 7 aromatic rings. The fraction of sp³-hybridized carbons (Fsp3) is 0.0698. The number of hydrogen-bond donors (Lipinski definition) is 0. The van der Waals surface area contributed by atoms with Crippen molar-refractivity contribution in [2.24, 2.45) is 0 Å². The zero-order valence-electron chi connectivity index (χ0n) is 25.0. The average Bonchev–Trinajstić information content (AvgIpc) is 3.32. The van der Waals surface area contributed by atoms with Crippen molar-refractivity contribution in [3.05, 3.63) is 175 Å². The first-order valence-corrected chi connectivity index (χ1v) is 15.4. The van der Waals surface area contributed by atoms with E-state index in [0.717, 1.165) is 11.4 Å². The molecule has 0 radical (unpaired) electrons. The second-order valence-corrected chi connectivity index (χ2v) is 12.2. The zero-order valence-corrected chi connectivity index (χ0v) is 25.0. The Morgan fingerprint density at radius 2 is 0.932 bits per heavy atom. The minimum atomic E-state index is -0.120. The van der Waals surface area contributed by atoms with Gasteiger partial charge in [0.1, 0.15) is 0 Å². The Balaban J connectivity index is 1.29. The van der Waals surface area contributed by atoms with Crippen molar-refractivity contribution in [2.45, 2.75) is 19.3 Å². The van der Waals surface area contributed by atoms with Gasteiger partial charge in [0.25, 0.3) is 0 Å². The Morgan fingerprint density at radius 1 is 0.409 bits per heavy atom. The quantitative estimate of drug-likeness (QED) is 0.201. The molecule has 7 aromatic carbocycles. The number of benzene rings is 7. The van der Waals surface area contributed by atoms with Crippen molar-refractivity contribution in [1.29, 1.82) is 0 Å². The molecule has 210 valence electrons. The smallest absolute Gasteiger partial charge is 0.0508 e. The molecule has 0 bridgehead atoms. The van der Waals surface area contributed by atoms with E-state index in [1.165, 1.54) is 61.0 Å². The molecule has 0 atom stereocenters. The van der Waals surface area contributed by atoms with Gasteiger partial charge < -0.3 is 4.90 Å². The van der Waals surface area contributed by atoms with E-state index in [2.05, 4.69) is 183 Å². The third-order valence-corrected chi connectivity index (χ3v) is 9.22. The minimum absolute atomic E-state index is 0.120. The molecule has 1 nitrogen and oxygen atoms in total. The van der Waals surface area contributed by atoms with Crippen LogP contribution in [0.3, 0.4) is 0 Å². The van der Waals surface area contributed by atoms with Crippen LogP contribution in [0.1, 0.15) is 25.0 Å². The summed E-state index contributed by atoms with van der Waals surface area (Å²) in [7, 11) is 0. The number of hydrogen-bond acceptors (Lipinski definition) is 1. The molecule has 1 heteroatoms. The fourth-order valence-electron chi connectivity index (χ4n) is 7.14. The first-order chi connectivity index (χ1) is 21.6. The van der Waals surface area contributed by atoms with Gasteiger partial charge in [-0.1, -0.05) is 135 Å². The molecular weight excluding hydrogens is 530 g/mol. The van der Waals surface area contributed by atoms with Crippen molar-refractivity contribution in [1.82, 2.24) is 0 Å². The Hall–Kier alpha value is -5.40. The number of para-hydroxylation sites is 1. The molecule has 0 saturated heterocycles. The summed E-state index contributed by atoms with van der Waals surface area (Å²) in [4.78, 5) is 2.43. The molecule has 0 aliphatic heterocycles. The Labute approximate surface area is 259 Å². The summed E-state index contributed by atoms with van der Waals surface area (Å²) in [5.41, 5.74) is 13.7. The summed E-state index contributed by atoms with van der Waals surface area (Å²) < 4.78 is 0. The van der Waals surface area contributed by atoms with Gasteiger partial charge in [-0.05, 0) is 97.7 Å². The Kier molecular flexibility index (Phi) is 6.20. The molecule has 0 heterocycles. The first kappa shape index (κ1) is 26.2. The number of anilines is 3. The summed E-state index contributed by atoms with van der Waals surface area (Å²) in [6, 6.07) is 59.5. The summed E-state index contributed by atoms with van der Waals surface area (Å²) in [5.74, 6) is 0. The average molecular weight is 564 g/mol. The van der Waals surface area contributed by atoms with E-state index < -0.39 is 0 Å². The first-order valence-electron chi connectivity index (χ1n) is 15.4. The van der Waals surface area contributed by atoms with E-state index in [1.807, 2.05) is 0 Å². The van der Waals surface area contributed by atoms with Crippen LogP contribution in [-0.2, 0) is 5.41 Å². The van der Waals surface area contributed by atoms with Crippen LogP contribution >= 0.6 is 0 Å². The van der Waals surface area contributed by atoms with E-state index in [4.69, 9.17) is 0 Å². The summed E-state index contributed by atoms with van der Waals surface area (Å²) in [6.07, 6.45) is 0. The monoisotopic (exact) mass is 563 g/mol. The molecule has 0 N–H and O–H groups in total. The summed E-state index contributed by atoms with van der Waals surface area (Å²) >= 11 is 0. The lowest BCUT2D eigenvalue weighted by atomic mass is 9.81. The van der Waals surface area contributed by atoms with Gasteiger partial charge >= 0.3 is 0 Å². The second-order valence-electron chi connectivity index (χ2n) is 12.2. The summed E-state index contributed by atoms with van der Waals surface area (Å²) in [5, 5.41) is 2.50. The lowest BCUT2D eigenvalue weighted by molar-refractivity contribution is 0.661. The molecule has 8 rings (SSSR count). The largest absolute Gasteiger partial charge is 0.310 e. The zero-order chi connectivity index (χ0) is 29.7. The van der Waals surface area contributed by atoms with Crippen molar-refractivity contribution >= 4 is 27.8 Å². The highest BCUT2D eigenvalue weighted by Gasteiger charge is 2.38. The Morgan fingerprint density at radius 3 is 1.61 bits per heavy atom. The van der Waals surface area contributed by atoms with Crippen molar-refractivity contribution in [2.75, 3.05) is 4.90 Å². The van der Waals surface area contributed by atoms with Crippen LogP contribution in [0.4, 0.5) is 17.1 Å². The van der Waals surface area contributed by atoms with Crippen LogP contribution < -0.4 is 4.90 Å². The molecule has 0 spiro atoms. The number of rotatable bonds is 5. The molecule has 0 unspecified atom stereocenters. The number of nitrogens with zero attached hydrogens (tertiary/aromatic N) is 1. The van der Waals surface area contributed by atoms with Crippen LogP contribution in [0.2, 0.25) is 0 Å². The van der Waals surface area contributed by atoms with Crippen molar-refractivity contribution in [3.63, 3.8) is 0 Å². The summed E-state index contributed by atoms with van der Waals surface area (Å²) in [6.45, 7) is 4.72. The molecule has 0 fully saturated rings. The van der Waals surface area contributed by atoms with Gasteiger partial charge in [-0.2, -0.15) is 0 Å². The van der Waals surface area contributed by atoms with Crippen LogP contribution in [-0.4, -0.2) is 0 Å². The van der Waals surface area contributed by atoms with Gasteiger partial charge in [-0.15, -0.1) is 0 Å². The molecule has 1 aliphatic rings. The van der Waals surface area contributed by atoms with Gasteiger partial charge in [0.2, 0.25) is 0 Å². The highest BCUT2D eigenvalue weighted by atomic mass is 15.1. The van der Waals surface area contributed by atoms with Crippen molar-refractivity contribution in [3.8, 4) is 33.4 Å². The van der Waals surface area contributed by atoms with Gasteiger partial charge in [-0.25, -0.2) is 0 Å². The SMILES string of the molecule is CC1(C)c2ccccc2-c2cccc(N(c3ccccc3)c3ccc(-c4cc5ccccc5cc4-c4ccccc4)cc3)c21. The predicted octanol–water partition coefficient (Wildman–Crippen LogP) is 11.9. The topological polar surface area (TPSA) is 3.24 Å². The van der Waals surface area contributed by atoms with Gasteiger partial charge in [0, 0.05) is 16.8 Å². The third kappa shape index (κ3) is 4.24. The molecule has 0 saturated carbocycles. The maximum atomic E-state index is 2.43. The molecule has 1 aliphatic carbocycles. The van der Waals surface area contributed by atoms with Gasteiger partial charge in [-0.3, -0.25) is 0 Å². The molecule has 0 amide bonds. The molecule has 44 heavy (non-hydrogen) atoms. The normalized spacial score (nSPS) is 13.0. The lowest BCUT2D eigenvalue weighted by Crippen LogP contribution is -2.20. The van der Waals surface area contributed by atoms with Crippen molar-refractivity contribution < 1.29 is 0 Å². The highest BCUT2D eigenvalue weighted by molar-refractivity contribution is 5.97. The molecule has 0 aromatic heterocycles. The predicted molar refractivity (Wildman–Crippen MR) is 187 cm³/mol. The fourth-order valence-corrected chi connectivity index (χ4v) is 7.14. The minimum Gasteiger partial charge on any atom is -0.310 e. The Bertz CT molecular complexity index is 2120. The second kappa shape index (κ2) is 10.4. The van der Waals surface area contributed by atoms with Gasteiger partial charge in [0.15, 0.2) is 0 Å². The standard InChI is InChI=1S/C43H33N/c1-43(2)40-22-12-11-20-36(40)37-21-13-23-41(42(37)43)44(34-18-7-4-8-19-34)35-26-24-31(25-27-35)39-29-33-17-10-9-16-32(33)28-38(39)30-14-5-3-6-15-30/h3-29H,1-2H3. The van der Waals surface area contributed by atoms with Crippen LogP contribution in [0.5, 0.6) is 0 Å². The molecular formula is C43H33N. The number of fused-ring (bicyclic) bond motifs is 4. The van der Waals surface area contributed by atoms with E-state index in [9.17, 15) is 0 Å². The maximum Gasteiger partial charge on any atom is 0.0508 e. The lowest BCUT2D eigenvalue weighted by Gasteiger charge is -2.32. The van der Waals surface area contributed by atoms with E-state index in [-0.39, 0.29) is 5.41 Å². The maximum absolute atomic E-state index is 2.43. The van der Waals surface area contributed by atoms with Crippen LogP contribution in [0, 0.1) is 0 Å². The highest BCUT2D eigenvalue weighted by Crippen LogP contribution is 2.54. The van der Waals surface area contributed by atoms with E-state index in [0.29, 0.717) is 0 Å². The van der Waals surface area contributed by atoms with Gasteiger partial charge in [0.05, 0.1) is 5.69 Å². The van der Waals surface area contributed by atoms with Crippen LogP contribution in [0.15, 0.2) is 164 Å². The third-order valence-electron chi connectivity index (χ3n) is 9.22. The van der Waals surface area contributed by atoms with Crippen LogP contribution in [0.25, 0.3) is 44.2 Å².